The third-order valence-electron chi connectivity index (χ3n) is 4.15. The zero-order valence-electron chi connectivity index (χ0n) is 16.8. The number of hydrogen-bond acceptors (Lipinski definition) is 6. The molecular formula is C20H22ClN3O4S2. The summed E-state index contributed by atoms with van der Waals surface area (Å²) in [6.45, 7) is 4.65. The van der Waals surface area contributed by atoms with Crippen LogP contribution in [0.3, 0.4) is 0 Å². The second kappa shape index (κ2) is 9.20. The van der Waals surface area contributed by atoms with Gasteiger partial charge in [0.05, 0.1) is 17.6 Å². The van der Waals surface area contributed by atoms with Crippen molar-refractivity contribution in [2.24, 2.45) is 5.92 Å². The van der Waals surface area contributed by atoms with E-state index in [1.807, 2.05) is 16.8 Å². The van der Waals surface area contributed by atoms with Gasteiger partial charge in [-0.1, -0.05) is 48.9 Å². The van der Waals surface area contributed by atoms with Crippen LogP contribution in [0.4, 0.5) is 9.93 Å². The summed E-state index contributed by atoms with van der Waals surface area (Å²) < 4.78 is 31.1. The van der Waals surface area contributed by atoms with Crippen LogP contribution in [0.25, 0.3) is 0 Å². The number of carbonyl (C=O) groups excluding carboxylic acids is 1. The van der Waals surface area contributed by atoms with Crippen LogP contribution >= 0.6 is 22.9 Å². The molecule has 0 aliphatic rings. The van der Waals surface area contributed by atoms with Gasteiger partial charge in [0.1, 0.15) is 4.34 Å². The first kappa shape index (κ1) is 22.3. The summed E-state index contributed by atoms with van der Waals surface area (Å²) in [4.78, 5) is 16.5. The van der Waals surface area contributed by atoms with Crippen molar-refractivity contribution in [1.29, 1.82) is 0 Å². The number of amides is 1. The van der Waals surface area contributed by atoms with Crippen LogP contribution in [0.1, 0.15) is 25.0 Å². The van der Waals surface area contributed by atoms with Crippen LogP contribution in [0.2, 0.25) is 4.34 Å². The summed E-state index contributed by atoms with van der Waals surface area (Å²) in [6.07, 6.45) is 4.73. The Morgan fingerprint density at radius 3 is 2.53 bits per heavy atom. The van der Waals surface area contributed by atoms with E-state index < -0.39 is 15.9 Å². The fourth-order valence-corrected chi connectivity index (χ4v) is 4.32. The second-order valence-electron chi connectivity index (χ2n) is 7.31. The third-order valence-corrected chi connectivity index (χ3v) is 6.30. The van der Waals surface area contributed by atoms with Gasteiger partial charge in [0.15, 0.2) is 15.0 Å². The maximum Gasteiger partial charge on any atom is 0.420 e. The molecule has 0 radical (unpaired) electrons. The quantitative estimate of drug-likeness (QED) is 0.535. The molecule has 1 aromatic carbocycles. The Balaban J connectivity index is 1.79. The number of nitrogens with zero attached hydrogens (tertiary/aromatic N) is 2. The van der Waals surface area contributed by atoms with Gasteiger partial charge in [-0.3, -0.25) is 5.32 Å². The predicted octanol–water partition coefficient (Wildman–Crippen LogP) is 4.86. The summed E-state index contributed by atoms with van der Waals surface area (Å²) in [5, 5.41) is 2.91. The summed E-state index contributed by atoms with van der Waals surface area (Å²) in [5.41, 5.74) is 1.92. The molecule has 0 spiro atoms. The van der Waals surface area contributed by atoms with E-state index in [1.54, 1.807) is 24.3 Å². The van der Waals surface area contributed by atoms with Crippen molar-refractivity contribution in [2.45, 2.75) is 31.7 Å². The van der Waals surface area contributed by atoms with Gasteiger partial charge in [0.2, 0.25) is 5.88 Å². The average Bonchev–Trinajstić information content (AvgIpc) is 3.20. The molecule has 0 aliphatic carbocycles. The Morgan fingerprint density at radius 1 is 1.27 bits per heavy atom. The molecule has 0 aliphatic heterocycles. The van der Waals surface area contributed by atoms with E-state index in [-0.39, 0.29) is 4.90 Å². The Labute approximate surface area is 184 Å². The van der Waals surface area contributed by atoms with Crippen molar-refractivity contribution < 1.29 is 17.9 Å². The second-order valence-corrected chi connectivity index (χ2v) is 11.0. The van der Waals surface area contributed by atoms with Gasteiger partial charge in [-0.15, -0.1) is 0 Å². The summed E-state index contributed by atoms with van der Waals surface area (Å²) in [5.74, 6) is 0.826. The lowest BCUT2D eigenvalue weighted by Crippen LogP contribution is -2.18. The van der Waals surface area contributed by atoms with E-state index in [9.17, 15) is 13.2 Å². The first-order chi connectivity index (χ1) is 14.1. The van der Waals surface area contributed by atoms with Gasteiger partial charge in [-0.2, -0.15) is 0 Å². The molecule has 2 aromatic heterocycles. The number of ether oxygens (including phenoxy) is 1. The van der Waals surface area contributed by atoms with Crippen LogP contribution in [0.15, 0.2) is 47.6 Å². The van der Waals surface area contributed by atoms with Gasteiger partial charge in [-0.25, -0.2) is 18.2 Å². The van der Waals surface area contributed by atoms with Crippen LogP contribution in [-0.4, -0.2) is 30.3 Å². The highest BCUT2D eigenvalue weighted by molar-refractivity contribution is 7.90. The van der Waals surface area contributed by atoms with E-state index in [0.717, 1.165) is 28.9 Å². The first-order valence-electron chi connectivity index (χ1n) is 9.18. The fourth-order valence-electron chi connectivity index (χ4n) is 2.90. The molecule has 0 unspecified atom stereocenters. The normalized spacial score (nSPS) is 11.6. The lowest BCUT2D eigenvalue weighted by Gasteiger charge is -2.10. The molecule has 1 amide bonds. The summed E-state index contributed by atoms with van der Waals surface area (Å²) in [6, 6.07) is 8.48. The molecule has 30 heavy (non-hydrogen) atoms. The molecule has 3 rings (SSSR count). The van der Waals surface area contributed by atoms with Crippen LogP contribution in [0.5, 0.6) is 5.88 Å². The minimum Gasteiger partial charge on any atom is -0.393 e. The fraction of sp³-hybridized carbons (Fsp3) is 0.300. The highest BCUT2D eigenvalue weighted by Gasteiger charge is 2.15. The molecule has 0 saturated heterocycles. The van der Waals surface area contributed by atoms with E-state index in [2.05, 4.69) is 24.1 Å². The average molecular weight is 468 g/mol. The molecule has 7 nitrogen and oxygen atoms in total. The van der Waals surface area contributed by atoms with Crippen LogP contribution < -0.4 is 10.1 Å². The molecule has 10 heteroatoms. The van der Waals surface area contributed by atoms with E-state index in [1.165, 1.54) is 12.5 Å². The van der Waals surface area contributed by atoms with Crippen molar-refractivity contribution in [3.05, 3.63) is 58.2 Å². The number of thiazole rings is 1. The SMILES string of the molecule is CC(C)Cc1cc(OC(=O)Nc2ncc(Cl)s2)n(Cc2ccc(S(C)(=O)=O)cc2)c1. The van der Waals surface area contributed by atoms with Gasteiger partial charge >= 0.3 is 6.09 Å². The largest absolute Gasteiger partial charge is 0.420 e. The smallest absolute Gasteiger partial charge is 0.393 e. The van der Waals surface area contributed by atoms with Crippen LogP contribution in [0, 0.1) is 5.92 Å². The van der Waals surface area contributed by atoms with E-state index in [4.69, 9.17) is 16.3 Å². The minimum atomic E-state index is -3.25. The minimum absolute atomic E-state index is 0.261. The Hall–Kier alpha value is -2.36. The number of aromatic nitrogens is 2. The van der Waals surface area contributed by atoms with Gasteiger partial charge in [-0.05, 0) is 35.6 Å². The number of hydrogen-bond donors (Lipinski definition) is 1. The van der Waals surface area contributed by atoms with E-state index >= 15 is 0 Å². The number of anilines is 1. The Bertz CT molecular complexity index is 1140. The lowest BCUT2D eigenvalue weighted by atomic mass is 10.1. The zero-order valence-corrected chi connectivity index (χ0v) is 19.1. The van der Waals surface area contributed by atoms with Crippen molar-refractivity contribution >= 4 is 44.0 Å². The third kappa shape index (κ3) is 6.07. The molecule has 0 atom stereocenters. The molecule has 2 heterocycles. The van der Waals surface area contributed by atoms with Crippen molar-refractivity contribution in [3.8, 4) is 5.88 Å². The highest BCUT2D eigenvalue weighted by Crippen LogP contribution is 2.25. The number of nitrogens with one attached hydrogen (secondary N) is 1. The van der Waals surface area contributed by atoms with Crippen molar-refractivity contribution in [3.63, 3.8) is 0 Å². The zero-order chi connectivity index (χ0) is 21.9. The maximum atomic E-state index is 12.3. The van der Waals surface area contributed by atoms with Crippen molar-refractivity contribution in [2.75, 3.05) is 11.6 Å². The maximum absolute atomic E-state index is 12.3. The topological polar surface area (TPSA) is 90.3 Å². The number of rotatable bonds is 7. The van der Waals surface area contributed by atoms with Crippen LogP contribution in [-0.2, 0) is 22.8 Å². The Kier molecular flexibility index (Phi) is 6.84. The molecule has 160 valence electrons. The van der Waals surface area contributed by atoms with Crippen molar-refractivity contribution in [1.82, 2.24) is 9.55 Å². The van der Waals surface area contributed by atoms with Gasteiger partial charge in [0.25, 0.3) is 0 Å². The number of halogens is 1. The monoisotopic (exact) mass is 467 g/mol. The molecule has 1 N–H and O–H groups in total. The Morgan fingerprint density at radius 2 is 1.97 bits per heavy atom. The van der Waals surface area contributed by atoms with E-state index in [0.29, 0.717) is 27.8 Å². The molecule has 0 bridgehead atoms. The number of benzene rings is 1. The lowest BCUT2D eigenvalue weighted by molar-refractivity contribution is 0.211. The molecule has 0 saturated carbocycles. The molecular weight excluding hydrogens is 446 g/mol. The van der Waals surface area contributed by atoms with Gasteiger partial charge in [0, 0.05) is 18.5 Å². The highest BCUT2D eigenvalue weighted by atomic mass is 35.5. The first-order valence-corrected chi connectivity index (χ1v) is 12.3. The standard InChI is InChI=1S/C20H22ClN3O4S2/c1-13(2)8-15-9-18(28-20(25)23-19-22-10-17(21)29-19)24(12-15)11-14-4-6-16(7-5-14)30(3,26)27/h4-7,9-10,12-13H,8,11H2,1-3H3,(H,22,23,25). The summed E-state index contributed by atoms with van der Waals surface area (Å²) in [7, 11) is -3.25. The summed E-state index contributed by atoms with van der Waals surface area (Å²) >= 11 is 6.97. The molecule has 0 fully saturated rings. The number of sulfone groups is 1. The number of carbonyl (C=O) groups is 1. The predicted molar refractivity (Wildman–Crippen MR) is 118 cm³/mol. The molecule has 3 aromatic rings. The van der Waals surface area contributed by atoms with Gasteiger partial charge < -0.3 is 9.30 Å².